The van der Waals surface area contributed by atoms with Crippen LogP contribution < -0.4 is 25.9 Å². The number of nitrogens with one attached hydrogen (secondary N) is 1. The maximum absolute atomic E-state index is 12.5. The van der Waals surface area contributed by atoms with Crippen LogP contribution in [0.25, 0.3) is 22.1 Å². The Kier molecular flexibility index (Phi) is 12.7. The Bertz CT molecular complexity index is 2290. The Balaban J connectivity index is 0.000000202. The average Bonchev–Trinajstić information content (AvgIpc) is 3.18. The molecule has 2 aliphatic carbocycles. The van der Waals surface area contributed by atoms with E-state index in [9.17, 15) is 24.6 Å². The first-order valence-electron chi connectivity index (χ1n) is 19.3. The molecule has 5 aromatic heterocycles. The molecule has 56 heavy (non-hydrogen) atoms. The van der Waals surface area contributed by atoms with Crippen LogP contribution in [0.5, 0.6) is 11.5 Å². The maximum Gasteiger partial charge on any atom is 0.251 e. The fraction of sp³-hybridized carbons (Fsp3) is 0.488. The van der Waals surface area contributed by atoms with Crippen molar-refractivity contribution >= 4 is 27.9 Å². The number of hydrogen-bond acceptors (Lipinski definition) is 11. The number of carbonyl (C=O) groups excluding carboxylic acids is 1. The highest BCUT2D eigenvalue weighted by Gasteiger charge is 2.34. The molecule has 6 heterocycles. The Hall–Kier alpha value is -4.98. The predicted molar refractivity (Wildman–Crippen MR) is 215 cm³/mol. The van der Waals surface area contributed by atoms with Gasteiger partial charge < -0.3 is 34.1 Å². The lowest BCUT2D eigenvalue weighted by molar-refractivity contribution is -0.125. The zero-order chi connectivity index (χ0) is 38.6. The minimum atomic E-state index is -0.841. The molecule has 13 nitrogen and oxygen atoms in total. The lowest BCUT2D eigenvalue weighted by Gasteiger charge is -2.36. The number of hydrogen-bond donors (Lipinski definition) is 3. The third-order valence-electron chi connectivity index (χ3n) is 11.3. The van der Waals surface area contributed by atoms with Gasteiger partial charge in [0.05, 0.1) is 45.2 Å². The molecule has 1 aliphatic heterocycles. The van der Waals surface area contributed by atoms with Gasteiger partial charge in [-0.1, -0.05) is 7.43 Å². The number of ether oxygens (including phenoxy) is 2. The second-order valence-electron chi connectivity index (χ2n) is 15.4. The Labute approximate surface area is 326 Å². The molecule has 2 fully saturated rings. The first-order chi connectivity index (χ1) is 26.5. The summed E-state index contributed by atoms with van der Waals surface area (Å²) in [5.41, 5.74) is 4.38. The van der Waals surface area contributed by atoms with Crippen molar-refractivity contribution in [2.24, 2.45) is 0 Å². The predicted octanol–water partition coefficient (Wildman–Crippen LogP) is 5.33. The van der Waals surface area contributed by atoms with E-state index in [1.165, 1.54) is 6.07 Å². The van der Waals surface area contributed by atoms with Gasteiger partial charge in [-0.25, -0.2) is 0 Å². The Morgan fingerprint density at radius 2 is 1.23 bits per heavy atom. The van der Waals surface area contributed by atoms with Crippen molar-refractivity contribution in [1.29, 1.82) is 0 Å². The summed E-state index contributed by atoms with van der Waals surface area (Å²) >= 11 is 0. The van der Waals surface area contributed by atoms with Gasteiger partial charge in [0.15, 0.2) is 11.5 Å². The molecule has 5 aromatic rings. The molecule has 0 amide bonds. The molecular formula is C43H54N6O7. The smallest absolute Gasteiger partial charge is 0.251 e. The second-order valence-corrected chi connectivity index (χ2v) is 15.4. The zero-order valence-corrected chi connectivity index (χ0v) is 31.6. The van der Waals surface area contributed by atoms with E-state index in [1.54, 1.807) is 45.9 Å². The van der Waals surface area contributed by atoms with Gasteiger partial charge in [0.1, 0.15) is 19.0 Å². The van der Waals surface area contributed by atoms with Crippen LogP contribution in [0.1, 0.15) is 88.5 Å². The lowest BCUT2D eigenvalue weighted by Crippen LogP contribution is -2.42. The molecule has 0 atom stereocenters. The van der Waals surface area contributed by atoms with Crippen molar-refractivity contribution in [2.45, 2.75) is 122 Å². The van der Waals surface area contributed by atoms with Crippen LogP contribution >= 0.6 is 0 Å². The third kappa shape index (κ3) is 9.69. The van der Waals surface area contributed by atoms with Crippen molar-refractivity contribution in [3.05, 3.63) is 98.6 Å². The minimum Gasteiger partial charge on any atom is -0.486 e. The summed E-state index contributed by atoms with van der Waals surface area (Å²) in [6, 6.07) is 12.7. The highest BCUT2D eigenvalue weighted by Crippen LogP contribution is 2.33. The SMILES string of the molecule is C.Cc1cnc2ccc(=O)n(CCC3(O)CCC(=O)CC3)c2c1.Cc1cnc2ccc(=O)n(CCC3(O)CCC(NCc4cc5c(cn4)OCCO5)CC3)c2c1. The van der Waals surface area contributed by atoms with Crippen molar-refractivity contribution in [1.82, 2.24) is 29.4 Å². The summed E-state index contributed by atoms with van der Waals surface area (Å²) in [6.45, 7) is 6.60. The van der Waals surface area contributed by atoms with E-state index in [1.807, 2.05) is 32.0 Å². The number of fused-ring (bicyclic) bond motifs is 3. The van der Waals surface area contributed by atoms with Gasteiger partial charge >= 0.3 is 0 Å². The summed E-state index contributed by atoms with van der Waals surface area (Å²) in [4.78, 5) is 49.2. The van der Waals surface area contributed by atoms with Crippen LogP contribution in [0.3, 0.4) is 0 Å². The number of nitrogens with zero attached hydrogens (tertiary/aromatic N) is 5. The first-order valence-corrected chi connectivity index (χ1v) is 19.3. The standard InChI is InChI=1S/C25H30N4O4.C17H20N2O3.CH4/c1-17-12-21-20(28-14-17)2-3-24(30)29(21)9-8-25(31)6-4-18(5-7-25)26-15-19-13-22-23(16-27-19)33-11-10-32-22;1-12-10-15-14(18-11-12)2-3-16(21)19(15)9-8-17(22)6-4-13(20)5-7-17;/h2-3,12-14,16,18,26,31H,4-11,15H2,1H3;2-3,10-11,22H,4-9H2,1H3;1H4. The van der Waals surface area contributed by atoms with Crippen LogP contribution in [-0.2, 0) is 24.4 Å². The van der Waals surface area contributed by atoms with Gasteiger partial charge in [0, 0.05) is 69.1 Å². The lowest BCUT2D eigenvalue weighted by atomic mass is 9.80. The van der Waals surface area contributed by atoms with Crippen LogP contribution in [-0.4, -0.2) is 70.5 Å². The number of ketones is 1. The molecule has 0 radical (unpaired) electrons. The van der Waals surface area contributed by atoms with Crippen LogP contribution in [0.2, 0.25) is 0 Å². The second kappa shape index (κ2) is 17.4. The van der Waals surface area contributed by atoms with E-state index < -0.39 is 11.2 Å². The number of rotatable bonds is 9. The highest BCUT2D eigenvalue weighted by molar-refractivity contribution is 5.79. The number of aliphatic hydroxyl groups is 2. The summed E-state index contributed by atoms with van der Waals surface area (Å²) in [6.07, 6.45) is 11.3. The van der Waals surface area contributed by atoms with E-state index in [-0.39, 0.29) is 24.3 Å². The van der Waals surface area contributed by atoms with Crippen molar-refractivity contribution in [3.63, 3.8) is 0 Å². The average molecular weight is 767 g/mol. The first kappa shape index (κ1) is 40.7. The third-order valence-corrected chi connectivity index (χ3v) is 11.3. The maximum atomic E-state index is 12.5. The molecular weight excluding hydrogens is 713 g/mol. The van der Waals surface area contributed by atoms with E-state index >= 15 is 0 Å². The zero-order valence-electron chi connectivity index (χ0n) is 31.6. The molecule has 0 saturated heterocycles. The minimum absolute atomic E-state index is 0. The molecule has 2 saturated carbocycles. The molecule has 8 rings (SSSR count). The summed E-state index contributed by atoms with van der Waals surface area (Å²) < 4.78 is 14.6. The molecule has 0 unspecified atom stereocenters. The van der Waals surface area contributed by atoms with Gasteiger partial charge in [0.25, 0.3) is 11.1 Å². The van der Waals surface area contributed by atoms with Crippen LogP contribution in [0.15, 0.2) is 70.6 Å². The fourth-order valence-corrected chi connectivity index (χ4v) is 7.83. The van der Waals surface area contributed by atoms with E-state index in [4.69, 9.17) is 9.47 Å². The Morgan fingerprint density at radius 1 is 0.714 bits per heavy atom. The van der Waals surface area contributed by atoms with Crippen molar-refractivity contribution in [3.8, 4) is 11.5 Å². The number of aromatic nitrogens is 5. The van der Waals surface area contributed by atoms with Gasteiger partial charge in [-0.3, -0.25) is 29.3 Å². The Morgan fingerprint density at radius 3 is 1.79 bits per heavy atom. The van der Waals surface area contributed by atoms with Crippen molar-refractivity contribution in [2.75, 3.05) is 13.2 Å². The van der Waals surface area contributed by atoms with Gasteiger partial charge in [-0.05, 0) is 101 Å². The summed E-state index contributed by atoms with van der Waals surface area (Å²) in [5, 5.41) is 25.3. The molecule has 3 aliphatic rings. The number of aryl methyl sites for hydroxylation is 4. The van der Waals surface area contributed by atoms with E-state index in [0.29, 0.717) is 96.0 Å². The quantitative estimate of drug-likeness (QED) is 0.177. The number of pyridine rings is 5. The van der Waals surface area contributed by atoms with E-state index in [0.717, 1.165) is 57.5 Å². The summed E-state index contributed by atoms with van der Waals surface area (Å²) in [5.74, 6) is 1.66. The molecule has 13 heteroatoms. The van der Waals surface area contributed by atoms with Gasteiger partial charge in [-0.15, -0.1) is 0 Å². The van der Waals surface area contributed by atoms with Gasteiger partial charge in [0.2, 0.25) is 0 Å². The van der Waals surface area contributed by atoms with Crippen molar-refractivity contribution < 1.29 is 24.5 Å². The normalized spacial score (nSPS) is 20.2. The molecule has 0 bridgehead atoms. The summed E-state index contributed by atoms with van der Waals surface area (Å²) in [7, 11) is 0. The highest BCUT2D eigenvalue weighted by atomic mass is 16.6. The van der Waals surface area contributed by atoms with Crippen LogP contribution in [0.4, 0.5) is 0 Å². The van der Waals surface area contributed by atoms with E-state index in [2.05, 4.69) is 20.3 Å². The molecule has 298 valence electrons. The molecule has 3 N–H and O–H groups in total. The number of Topliss-reactive ketones (excluding diaryl/α,β-unsaturated/α-hetero) is 1. The van der Waals surface area contributed by atoms with Gasteiger partial charge in [-0.2, -0.15) is 0 Å². The monoisotopic (exact) mass is 766 g/mol. The number of carbonyl (C=O) groups is 1. The fourth-order valence-electron chi connectivity index (χ4n) is 7.83. The molecule has 0 aromatic carbocycles. The molecule has 0 spiro atoms. The topological polar surface area (TPSA) is 171 Å². The van der Waals surface area contributed by atoms with Crippen LogP contribution in [0, 0.1) is 13.8 Å². The largest absolute Gasteiger partial charge is 0.486 e.